The van der Waals surface area contributed by atoms with Gasteiger partial charge in [-0.15, -0.1) is 0 Å². The second kappa shape index (κ2) is 10.4. The molecule has 2 aromatic rings. The molecule has 172 valence electrons. The summed E-state index contributed by atoms with van der Waals surface area (Å²) in [6.07, 6.45) is 1.34. The van der Waals surface area contributed by atoms with Gasteiger partial charge in [0.1, 0.15) is 6.29 Å². The van der Waals surface area contributed by atoms with E-state index in [1.165, 1.54) is 5.56 Å². The van der Waals surface area contributed by atoms with Crippen molar-refractivity contribution in [2.24, 2.45) is 5.41 Å². The fourth-order valence-electron chi connectivity index (χ4n) is 4.14. The van der Waals surface area contributed by atoms with Crippen LogP contribution in [0, 0.1) is 12.3 Å². The predicted molar refractivity (Wildman–Crippen MR) is 130 cm³/mol. The Morgan fingerprint density at radius 2 is 1.75 bits per heavy atom. The molecule has 0 spiro atoms. The zero-order valence-electron chi connectivity index (χ0n) is 20.1. The molecule has 0 aliphatic carbocycles. The molecule has 1 heterocycles. The van der Waals surface area contributed by atoms with Crippen molar-refractivity contribution in [1.82, 2.24) is 4.90 Å². The molecule has 0 atom stereocenters. The Morgan fingerprint density at radius 1 is 1.09 bits per heavy atom. The minimum Gasteiger partial charge on any atom is -0.379 e. The summed E-state index contributed by atoms with van der Waals surface area (Å²) in [6, 6.07) is 12.5. The molecule has 2 aromatic carbocycles. The van der Waals surface area contributed by atoms with Crippen molar-refractivity contribution in [3.8, 4) is 11.1 Å². The average Bonchev–Trinajstić information content (AvgIpc) is 2.75. The number of benzene rings is 2. The average molecular weight is 437 g/mol. The summed E-state index contributed by atoms with van der Waals surface area (Å²) in [5, 5.41) is 0. The summed E-state index contributed by atoms with van der Waals surface area (Å²) in [7, 11) is 0. The summed E-state index contributed by atoms with van der Waals surface area (Å²) < 4.78 is 5.43. The van der Waals surface area contributed by atoms with Crippen molar-refractivity contribution in [2.75, 3.05) is 37.7 Å². The maximum Gasteiger partial charge on any atom is 0.227 e. The molecule has 5 nitrogen and oxygen atoms in total. The number of amides is 1. The van der Waals surface area contributed by atoms with E-state index in [0.29, 0.717) is 18.5 Å². The van der Waals surface area contributed by atoms with Gasteiger partial charge in [-0.05, 0) is 53.6 Å². The molecule has 0 bridgehead atoms. The van der Waals surface area contributed by atoms with Crippen molar-refractivity contribution in [3.05, 3.63) is 53.1 Å². The van der Waals surface area contributed by atoms with Gasteiger partial charge < -0.3 is 9.64 Å². The minimum atomic E-state index is -0.0974. The highest BCUT2D eigenvalue weighted by atomic mass is 16.5. The maximum absolute atomic E-state index is 13.0. The van der Waals surface area contributed by atoms with E-state index in [4.69, 9.17) is 4.74 Å². The zero-order valence-corrected chi connectivity index (χ0v) is 20.1. The summed E-state index contributed by atoms with van der Waals surface area (Å²) >= 11 is 0. The van der Waals surface area contributed by atoms with E-state index in [2.05, 4.69) is 49.9 Å². The molecule has 1 amide bonds. The molecule has 0 N–H and O–H groups in total. The number of aldehydes is 1. The van der Waals surface area contributed by atoms with Gasteiger partial charge in [0.05, 0.1) is 13.2 Å². The topological polar surface area (TPSA) is 49.9 Å². The zero-order chi connectivity index (χ0) is 23.3. The van der Waals surface area contributed by atoms with E-state index in [1.54, 1.807) is 0 Å². The number of ether oxygens (including phenoxy) is 1. The highest BCUT2D eigenvalue weighted by molar-refractivity contribution is 5.97. The lowest BCUT2D eigenvalue weighted by atomic mass is 9.91. The van der Waals surface area contributed by atoms with Gasteiger partial charge >= 0.3 is 0 Å². The fourth-order valence-corrected chi connectivity index (χ4v) is 4.14. The lowest BCUT2D eigenvalue weighted by molar-refractivity contribution is -0.120. The Kier molecular flexibility index (Phi) is 7.86. The van der Waals surface area contributed by atoms with Crippen molar-refractivity contribution >= 4 is 17.9 Å². The molecule has 0 saturated carbocycles. The Balaban J connectivity index is 1.90. The molecular weight excluding hydrogens is 400 g/mol. The van der Waals surface area contributed by atoms with Crippen LogP contribution in [0.2, 0.25) is 0 Å². The van der Waals surface area contributed by atoms with Crippen LogP contribution in [-0.2, 0) is 16.1 Å². The summed E-state index contributed by atoms with van der Waals surface area (Å²) in [6.45, 7) is 15.1. The normalized spacial score (nSPS) is 14.9. The van der Waals surface area contributed by atoms with Gasteiger partial charge in [0.25, 0.3) is 0 Å². The molecule has 5 heteroatoms. The van der Waals surface area contributed by atoms with Gasteiger partial charge in [-0.1, -0.05) is 45.0 Å². The number of hydrogen-bond acceptors (Lipinski definition) is 4. The first-order valence-corrected chi connectivity index (χ1v) is 11.5. The lowest BCUT2D eigenvalue weighted by Crippen LogP contribution is -2.35. The second-order valence-electron chi connectivity index (χ2n) is 9.79. The third-order valence-electron chi connectivity index (χ3n) is 5.93. The van der Waals surface area contributed by atoms with Crippen LogP contribution in [0.5, 0.6) is 0 Å². The van der Waals surface area contributed by atoms with Crippen LogP contribution in [0.25, 0.3) is 11.1 Å². The fraction of sp³-hybridized carbons (Fsp3) is 0.481. The predicted octanol–water partition coefficient (Wildman–Crippen LogP) is 5.10. The molecule has 3 rings (SSSR count). The molecule has 1 aliphatic rings. The van der Waals surface area contributed by atoms with Crippen LogP contribution in [0.3, 0.4) is 0 Å². The van der Waals surface area contributed by atoms with Crippen LogP contribution in [0.4, 0.5) is 5.69 Å². The maximum atomic E-state index is 13.0. The van der Waals surface area contributed by atoms with Gasteiger partial charge in [0, 0.05) is 43.9 Å². The van der Waals surface area contributed by atoms with Crippen LogP contribution >= 0.6 is 0 Å². The largest absolute Gasteiger partial charge is 0.379 e. The van der Waals surface area contributed by atoms with Crippen molar-refractivity contribution in [1.29, 1.82) is 0 Å². The Morgan fingerprint density at radius 3 is 2.31 bits per heavy atom. The van der Waals surface area contributed by atoms with E-state index >= 15 is 0 Å². The van der Waals surface area contributed by atoms with Gasteiger partial charge in [-0.25, -0.2) is 0 Å². The quantitative estimate of drug-likeness (QED) is 0.567. The molecule has 0 aromatic heterocycles. The molecule has 1 aliphatic heterocycles. The lowest BCUT2D eigenvalue weighted by Gasteiger charge is -2.28. The third-order valence-corrected chi connectivity index (χ3v) is 5.93. The molecule has 0 unspecified atom stereocenters. The number of hydrogen-bond donors (Lipinski definition) is 0. The molecular formula is C27H36N2O3. The Labute approximate surface area is 192 Å². The van der Waals surface area contributed by atoms with Gasteiger partial charge in [-0.2, -0.15) is 0 Å². The first-order chi connectivity index (χ1) is 15.2. The van der Waals surface area contributed by atoms with Crippen LogP contribution < -0.4 is 4.90 Å². The molecule has 0 radical (unpaired) electrons. The summed E-state index contributed by atoms with van der Waals surface area (Å²) in [5.74, 6) is 0.0814. The second-order valence-corrected chi connectivity index (χ2v) is 9.79. The Bertz CT molecular complexity index is 939. The third kappa shape index (κ3) is 6.05. The van der Waals surface area contributed by atoms with Gasteiger partial charge in [0.2, 0.25) is 5.91 Å². The van der Waals surface area contributed by atoms with Crippen molar-refractivity contribution < 1.29 is 14.3 Å². The van der Waals surface area contributed by atoms with Crippen LogP contribution in [0.15, 0.2) is 36.4 Å². The molecule has 1 fully saturated rings. The highest BCUT2D eigenvalue weighted by Gasteiger charge is 2.23. The van der Waals surface area contributed by atoms with E-state index in [1.807, 2.05) is 30.9 Å². The Hall–Kier alpha value is -2.50. The molecule has 1 saturated heterocycles. The SMILES string of the molecule is CCN(C(=O)CC(C)(C)C)c1cc(-c2ccc(CN3CCOCC3)cc2)cc(C=O)c1C. The smallest absolute Gasteiger partial charge is 0.227 e. The van der Waals surface area contributed by atoms with E-state index in [0.717, 1.165) is 61.5 Å². The van der Waals surface area contributed by atoms with E-state index in [-0.39, 0.29) is 11.3 Å². The summed E-state index contributed by atoms with van der Waals surface area (Å²) in [5.41, 5.74) is 5.44. The van der Waals surface area contributed by atoms with E-state index < -0.39 is 0 Å². The van der Waals surface area contributed by atoms with Gasteiger partial charge in [0.15, 0.2) is 0 Å². The van der Waals surface area contributed by atoms with Crippen LogP contribution in [0.1, 0.15) is 55.6 Å². The van der Waals surface area contributed by atoms with Gasteiger partial charge in [-0.3, -0.25) is 14.5 Å². The van der Waals surface area contributed by atoms with Crippen molar-refractivity contribution in [2.45, 2.75) is 47.6 Å². The molecule has 32 heavy (non-hydrogen) atoms. The number of morpholine rings is 1. The number of rotatable bonds is 7. The number of carbonyl (C=O) groups excluding carboxylic acids is 2. The van der Waals surface area contributed by atoms with Crippen LogP contribution in [-0.4, -0.2) is 49.9 Å². The number of carbonyl (C=O) groups is 2. The monoisotopic (exact) mass is 436 g/mol. The standard InChI is InChI=1S/C27H36N2O3/c1-6-29(26(31)17-27(3,4)5)25-16-23(15-24(19-30)20(25)2)22-9-7-21(8-10-22)18-28-11-13-32-14-12-28/h7-10,15-16,19H,6,11-14,17-18H2,1-5H3. The highest BCUT2D eigenvalue weighted by Crippen LogP contribution is 2.32. The summed E-state index contributed by atoms with van der Waals surface area (Å²) in [4.78, 5) is 29.1. The first kappa shape index (κ1) is 24.1. The number of anilines is 1. The van der Waals surface area contributed by atoms with E-state index in [9.17, 15) is 9.59 Å². The minimum absolute atomic E-state index is 0.0814. The van der Waals surface area contributed by atoms with Crippen molar-refractivity contribution in [3.63, 3.8) is 0 Å². The first-order valence-electron chi connectivity index (χ1n) is 11.5. The number of nitrogens with zero attached hydrogens (tertiary/aromatic N) is 2.